The summed E-state index contributed by atoms with van der Waals surface area (Å²) in [7, 11) is 1.61. The van der Waals surface area contributed by atoms with Crippen LogP contribution < -0.4 is 15.9 Å². The summed E-state index contributed by atoms with van der Waals surface area (Å²) in [6, 6.07) is 7.39. The van der Waals surface area contributed by atoms with Gasteiger partial charge in [0.1, 0.15) is 5.75 Å². The molecule has 1 amide bonds. The number of carbonyl (C=O) groups excluding carboxylic acids is 1. The molecule has 24 heavy (non-hydrogen) atoms. The maximum atomic E-state index is 12.1. The predicted molar refractivity (Wildman–Crippen MR) is 95.3 cm³/mol. The van der Waals surface area contributed by atoms with E-state index in [9.17, 15) is 4.79 Å². The number of rotatable bonds is 7. The van der Waals surface area contributed by atoms with Crippen LogP contribution in [0.2, 0.25) is 0 Å². The number of nitrogen functional groups attached to an aromatic ring is 1. The van der Waals surface area contributed by atoms with Crippen molar-refractivity contribution in [3.63, 3.8) is 0 Å². The molecule has 0 spiro atoms. The quantitative estimate of drug-likeness (QED) is 0.586. The monoisotopic (exact) mass is 349 g/mol. The maximum Gasteiger partial charge on any atom is 0.233 e. The largest absolute Gasteiger partial charge is 0.497 e. The van der Waals surface area contributed by atoms with Gasteiger partial charge in [-0.1, -0.05) is 25.6 Å². The summed E-state index contributed by atoms with van der Waals surface area (Å²) < 4.78 is 6.54. The van der Waals surface area contributed by atoms with Gasteiger partial charge in [0.2, 0.25) is 11.1 Å². The number of hydrogen-bond acceptors (Lipinski definition) is 6. The van der Waals surface area contributed by atoms with E-state index in [0.29, 0.717) is 23.4 Å². The number of hydrogen-bond donors (Lipinski definition) is 2. The second kappa shape index (κ2) is 8.05. The highest BCUT2D eigenvalue weighted by atomic mass is 32.2. The van der Waals surface area contributed by atoms with E-state index in [1.165, 1.54) is 16.4 Å². The molecule has 0 saturated heterocycles. The minimum atomic E-state index is -0.307. The summed E-state index contributed by atoms with van der Waals surface area (Å²) in [6.07, 6.45) is 0. The molecule has 3 N–H and O–H groups in total. The normalized spacial score (nSPS) is 12.2. The van der Waals surface area contributed by atoms with Crippen LogP contribution >= 0.6 is 11.8 Å². The zero-order valence-corrected chi connectivity index (χ0v) is 15.1. The Hall–Kier alpha value is -2.22. The molecule has 1 aromatic carbocycles. The predicted octanol–water partition coefficient (Wildman–Crippen LogP) is 1.92. The van der Waals surface area contributed by atoms with Gasteiger partial charge < -0.3 is 15.9 Å². The van der Waals surface area contributed by atoms with Crippen LogP contribution in [0.5, 0.6) is 5.75 Å². The third-order valence-electron chi connectivity index (χ3n) is 3.35. The molecule has 0 saturated carbocycles. The van der Waals surface area contributed by atoms with Crippen LogP contribution in [0, 0.1) is 5.92 Å². The average Bonchev–Trinajstić information content (AvgIpc) is 2.93. The smallest absolute Gasteiger partial charge is 0.233 e. The molecule has 0 aliphatic carbocycles. The summed E-state index contributed by atoms with van der Waals surface area (Å²) >= 11 is 1.28. The highest BCUT2D eigenvalue weighted by Gasteiger charge is 2.19. The molecule has 8 heteroatoms. The Morgan fingerprint density at radius 2 is 1.96 bits per heavy atom. The van der Waals surface area contributed by atoms with Crippen molar-refractivity contribution in [3.8, 4) is 17.1 Å². The molecule has 1 aromatic heterocycles. The lowest BCUT2D eigenvalue weighted by Gasteiger charge is -2.12. The number of thioether (sulfide) groups is 1. The molecule has 2 rings (SSSR count). The van der Waals surface area contributed by atoms with Gasteiger partial charge in [-0.05, 0) is 37.1 Å². The molecule has 0 radical (unpaired) electrons. The number of amides is 1. The summed E-state index contributed by atoms with van der Waals surface area (Å²) in [5, 5.41) is 11.3. The van der Waals surface area contributed by atoms with Crippen molar-refractivity contribution in [1.29, 1.82) is 0 Å². The van der Waals surface area contributed by atoms with Crippen molar-refractivity contribution in [2.75, 3.05) is 19.5 Å². The van der Waals surface area contributed by atoms with E-state index < -0.39 is 0 Å². The number of nitrogens with two attached hydrogens (primary N) is 1. The number of ether oxygens (including phenoxy) is 1. The van der Waals surface area contributed by atoms with Crippen molar-refractivity contribution in [2.24, 2.45) is 5.92 Å². The zero-order chi connectivity index (χ0) is 17.7. The van der Waals surface area contributed by atoms with E-state index in [-0.39, 0.29) is 11.2 Å². The SMILES string of the molecule is COc1ccc(-c2nnc(S[C@H](C)C(=O)NCC(C)C)n2N)cc1. The van der Waals surface area contributed by atoms with Crippen LogP contribution in [0.25, 0.3) is 11.4 Å². The highest BCUT2D eigenvalue weighted by molar-refractivity contribution is 8.00. The first kappa shape index (κ1) is 18.1. The number of nitrogens with zero attached hydrogens (tertiary/aromatic N) is 3. The van der Waals surface area contributed by atoms with Crippen molar-refractivity contribution in [3.05, 3.63) is 24.3 Å². The molecule has 2 aromatic rings. The topological polar surface area (TPSA) is 95.1 Å². The Balaban J connectivity index is 2.07. The van der Waals surface area contributed by atoms with E-state index in [4.69, 9.17) is 10.6 Å². The van der Waals surface area contributed by atoms with Gasteiger partial charge in [-0.25, -0.2) is 4.68 Å². The summed E-state index contributed by atoms with van der Waals surface area (Å²) in [6.45, 7) is 6.57. The molecule has 0 fully saturated rings. The van der Waals surface area contributed by atoms with E-state index in [0.717, 1.165) is 11.3 Å². The van der Waals surface area contributed by atoms with Gasteiger partial charge in [-0.2, -0.15) is 0 Å². The molecular weight excluding hydrogens is 326 g/mol. The molecular formula is C16H23N5O2S. The molecule has 0 unspecified atom stereocenters. The first-order valence-corrected chi connectivity index (χ1v) is 8.59. The Labute approximate surface area is 145 Å². The summed E-state index contributed by atoms with van der Waals surface area (Å²) in [4.78, 5) is 12.1. The molecule has 0 aliphatic heterocycles. The molecule has 7 nitrogen and oxygen atoms in total. The third kappa shape index (κ3) is 4.41. The molecule has 130 valence electrons. The van der Waals surface area contributed by atoms with E-state index in [1.807, 2.05) is 31.2 Å². The lowest BCUT2D eigenvalue weighted by molar-refractivity contribution is -0.120. The Morgan fingerprint density at radius 1 is 1.29 bits per heavy atom. The number of benzene rings is 1. The maximum absolute atomic E-state index is 12.1. The van der Waals surface area contributed by atoms with E-state index in [1.54, 1.807) is 7.11 Å². The second-order valence-electron chi connectivity index (χ2n) is 5.80. The lowest BCUT2D eigenvalue weighted by Crippen LogP contribution is -2.33. The van der Waals surface area contributed by atoms with Crippen LogP contribution in [0.1, 0.15) is 20.8 Å². The fourth-order valence-corrected chi connectivity index (χ4v) is 2.75. The first-order chi connectivity index (χ1) is 11.4. The number of carbonyl (C=O) groups is 1. The van der Waals surface area contributed by atoms with Crippen molar-refractivity contribution in [2.45, 2.75) is 31.2 Å². The standard InChI is InChI=1S/C16H23N5O2S/c1-10(2)9-18-15(22)11(3)24-16-20-19-14(21(16)17)12-5-7-13(23-4)8-6-12/h5-8,10-11H,9,17H2,1-4H3,(H,18,22)/t11-/m1/s1. The fourth-order valence-electron chi connectivity index (χ4n) is 1.95. The van der Waals surface area contributed by atoms with Gasteiger partial charge in [0.15, 0.2) is 5.82 Å². The summed E-state index contributed by atoms with van der Waals surface area (Å²) in [5.41, 5.74) is 0.828. The van der Waals surface area contributed by atoms with Gasteiger partial charge in [0.05, 0.1) is 12.4 Å². The Kier molecular flexibility index (Phi) is 6.08. The van der Waals surface area contributed by atoms with Gasteiger partial charge in [0.25, 0.3) is 0 Å². The van der Waals surface area contributed by atoms with Crippen molar-refractivity contribution < 1.29 is 9.53 Å². The Bertz CT molecular complexity index is 684. The molecule has 0 aliphatic rings. The van der Waals surface area contributed by atoms with E-state index >= 15 is 0 Å². The van der Waals surface area contributed by atoms with Crippen LogP contribution in [0.4, 0.5) is 0 Å². The van der Waals surface area contributed by atoms with Crippen LogP contribution in [-0.4, -0.2) is 39.7 Å². The highest BCUT2D eigenvalue weighted by Crippen LogP contribution is 2.25. The van der Waals surface area contributed by atoms with Gasteiger partial charge >= 0.3 is 0 Å². The number of aromatic nitrogens is 3. The van der Waals surface area contributed by atoms with Gasteiger partial charge in [0, 0.05) is 12.1 Å². The van der Waals surface area contributed by atoms with Crippen molar-refractivity contribution in [1.82, 2.24) is 20.2 Å². The Morgan fingerprint density at radius 3 is 2.54 bits per heavy atom. The fraction of sp³-hybridized carbons (Fsp3) is 0.438. The van der Waals surface area contributed by atoms with Crippen LogP contribution in [0.3, 0.4) is 0 Å². The van der Waals surface area contributed by atoms with Crippen LogP contribution in [0.15, 0.2) is 29.4 Å². The molecule has 0 bridgehead atoms. The number of nitrogens with one attached hydrogen (secondary N) is 1. The molecule has 1 atom stereocenters. The molecule has 1 heterocycles. The van der Waals surface area contributed by atoms with Crippen LogP contribution in [-0.2, 0) is 4.79 Å². The average molecular weight is 349 g/mol. The zero-order valence-electron chi connectivity index (χ0n) is 14.3. The first-order valence-electron chi connectivity index (χ1n) is 7.71. The van der Waals surface area contributed by atoms with Gasteiger partial charge in [-0.3, -0.25) is 4.79 Å². The summed E-state index contributed by atoms with van der Waals surface area (Å²) in [5.74, 6) is 7.75. The minimum Gasteiger partial charge on any atom is -0.497 e. The van der Waals surface area contributed by atoms with Gasteiger partial charge in [-0.15, -0.1) is 10.2 Å². The number of methoxy groups -OCH3 is 1. The third-order valence-corrected chi connectivity index (χ3v) is 4.41. The minimum absolute atomic E-state index is 0.0392. The lowest BCUT2D eigenvalue weighted by atomic mass is 10.2. The second-order valence-corrected chi connectivity index (χ2v) is 7.11. The van der Waals surface area contributed by atoms with Crippen molar-refractivity contribution >= 4 is 17.7 Å². The van der Waals surface area contributed by atoms with E-state index in [2.05, 4.69) is 29.4 Å².